The Labute approximate surface area is 464 Å². The number of H-pyrrole nitrogens is 2. The molecule has 4 amide bonds. The summed E-state index contributed by atoms with van der Waals surface area (Å²) in [5, 5.41) is 25.4. The van der Waals surface area contributed by atoms with Gasteiger partial charge in [0.2, 0.25) is 17.7 Å². The van der Waals surface area contributed by atoms with Gasteiger partial charge in [-0.05, 0) is 95.1 Å². The van der Waals surface area contributed by atoms with E-state index in [9.17, 15) is 38.7 Å². The molecule has 80 heavy (non-hydrogen) atoms. The predicted octanol–water partition coefficient (Wildman–Crippen LogP) is 6.57. The van der Waals surface area contributed by atoms with Gasteiger partial charge in [-0.3, -0.25) is 24.0 Å². The number of aromatic amines is 2. The van der Waals surface area contributed by atoms with Crippen LogP contribution >= 0.6 is 0 Å². The number of aromatic nitrogens is 3. The number of carbonyl (C=O) groups is 7. The van der Waals surface area contributed by atoms with Gasteiger partial charge in [-0.1, -0.05) is 107 Å². The zero-order valence-corrected chi connectivity index (χ0v) is 45.6. The lowest BCUT2D eigenvalue weighted by molar-refractivity contribution is -0.149. The highest BCUT2D eigenvalue weighted by atomic mass is 16.5. The molecule has 1 saturated carbocycles. The number of aliphatic hydroxyl groups excluding tert-OH is 1. The number of aliphatic hydroxyl groups is 1. The van der Waals surface area contributed by atoms with Crippen LogP contribution in [-0.4, -0.2) is 105 Å². The highest BCUT2D eigenvalue weighted by Gasteiger charge is 2.38. The van der Waals surface area contributed by atoms with Gasteiger partial charge in [0.15, 0.2) is 11.6 Å². The van der Waals surface area contributed by atoms with Crippen molar-refractivity contribution in [3.63, 3.8) is 0 Å². The number of hydrogen-bond acceptors (Lipinski definition) is 13. The number of amides is 4. The van der Waals surface area contributed by atoms with Gasteiger partial charge in [0.25, 0.3) is 0 Å². The Balaban J connectivity index is 0.928. The summed E-state index contributed by atoms with van der Waals surface area (Å²) in [6.07, 6.45) is 5.80. The van der Waals surface area contributed by atoms with Gasteiger partial charge >= 0.3 is 12.1 Å². The number of carbonyl (C=O) groups excluding carboxylic acids is 7. The molecule has 8 rings (SSSR count). The van der Waals surface area contributed by atoms with Gasteiger partial charge in [0.05, 0.1) is 24.2 Å². The number of alkyl carbamates (subject to hydrolysis) is 1. The molecule has 19 heteroatoms. The lowest BCUT2D eigenvalue weighted by Gasteiger charge is -2.30. The normalized spacial score (nSPS) is 15.3. The van der Waals surface area contributed by atoms with Gasteiger partial charge in [0.1, 0.15) is 37.4 Å². The number of nitrogens with two attached hydrogens (primary N) is 1. The van der Waals surface area contributed by atoms with Crippen LogP contribution in [0.5, 0.6) is 0 Å². The maximum Gasteiger partial charge on any atom is 0.407 e. The van der Waals surface area contributed by atoms with Crippen LogP contribution in [0.3, 0.4) is 0 Å². The zero-order chi connectivity index (χ0) is 56.9. The smallest absolute Gasteiger partial charge is 0.407 e. The number of ether oxygens (including phenoxy) is 2. The van der Waals surface area contributed by atoms with Gasteiger partial charge in [0, 0.05) is 66.3 Å². The summed E-state index contributed by atoms with van der Waals surface area (Å²) in [6, 6.07) is 24.9. The van der Waals surface area contributed by atoms with E-state index in [1.54, 1.807) is 30.5 Å². The first-order valence-electron chi connectivity index (χ1n) is 27.2. The van der Waals surface area contributed by atoms with Crippen molar-refractivity contribution in [1.29, 1.82) is 0 Å². The van der Waals surface area contributed by atoms with Gasteiger partial charge in [-0.15, -0.1) is 0 Å². The molecule has 19 nitrogen and oxygen atoms in total. The van der Waals surface area contributed by atoms with Crippen LogP contribution in [0.2, 0.25) is 0 Å². The molecule has 420 valence electrons. The maximum absolute atomic E-state index is 14.5. The predicted molar refractivity (Wildman–Crippen MR) is 301 cm³/mol. The Kier molecular flexibility index (Phi) is 19.1. The van der Waals surface area contributed by atoms with E-state index in [1.165, 1.54) is 12.5 Å². The number of para-hydroxylation sites is 1. The number of hydrogen-bond donors (Lipinski definition) is 9. The summed E-state index contributed by atoms with van der Waals surface area (Å²) in [4.78, 5) is 107. The van der Waals surface area contributed by atoms with Crippen molar-refractivity contribution in [2.45, 2.75) is 116 Å². The minimum absolute atomic E-state index is 0.00850. The third-order valence-electron chi connectivity index (χ3n) is 14.4. The Morgan fingerprint density at radius 3 is 1.99 bits per heavy atom. The molecule has 0 aliphatic heterocycles. The Morgan fingerprint density at radius 2 is 1.35 bits per heavy atom. The monoisotopic (exact) mass is 1090 g/mol. The fourth-order valence-electron chi connectivity index (χ4n) is 10.4. The lowest BCUT2D eigenvalue weighted by atomic mass is 9.73. The number of anilines is 1. The third kappa shape index (κ3) is 14.6. The molecular weight excluding hydrogens is 1020 g/mol. The quantitative estimate of drug-likeness (QED) is 0.0127. The van der Waals surface area contributed by atoms with E-state index in [2.05, 4.69) is 41.5 Å². The second kappa shape index (κ2) is 26.5. The van der Waals surface area contributed by atoms with Crippen molar-refractivity contribution in [3.05, 3.63) is 155 Å². The van der Waals surface area contributed by atoms with E-state index in [0.717, 1.165) is 33.2 Å². The summed E-state index contributed by atoms with van der Waals surface area (Å²) < 4.78 is 11.6. The van der Waals surface area contributed by atoms with Gasteiger partial charge in [-0.2, -0.15) is 0 Å². The number of unbranched alkanes of at least 4 members (excludes halogenated alkanes) is 1. The fraction of sp³-hybridized carbons (Fsp3) is 0.377. The van der Waals surface area contributed by atoms with Crippen molar-refractivity contribution in [3.8, 4) is 11.1 Å². The molecule has 2 heterocycles. The molecule has 4 aromatic carbocycles. The van der Waals surface area contributed by atoms with Crippen LogP contribution in [-0.2, 0) is 57.7 Å². The summed E-state index contributed by atoms with van der Waals surface area (Å²) in [5.41, 5.74) is 13.4. The molecule has 4 atom stereocenters. The zero-order valence-electron chi connectivity index (χ0n) is 45.6. The Morgan fingerprint density at radius 1 is 0.738 bits per heavy atom. The lowest BCUT2D eigenvalue weighted by Crippen LogP contribution is -2.59. The van der Waals surface area contributed by atoms with E-state index in [1.807, 2.05) is 100 Å². The SMILES string of the molecule is CC(C)CC(Nc1ccc(COC(=O)[C@H](CCCCN)NC(=O)[C@@H](CO)NC(=O)[C@H](Cc2c[nH]cn2)NC(=O)[C@@H](Cc2c[nH]c3ccccc23)NC(=O)OCC2c3ccccc3-c3ccccc32)cc1)=C1C(=O)CC(C)(C)CC1=O. The number of fused-ring (bicyclic) bond motifs is 4. The molecule has 2 aliphatic carbocycles. The number of nitrogens with one attached hydrogen (secondary N) is 7. The van der Waals surface area contributed by atoms with Gasteiger partial charge in [-0.25, -0.2) is 14.6 Å². The minimum Gasteiger partial charge on any atom is -0.459 e. The number of imidazole rings is 1. The Bertz CT molecular complexity index is 3150. The van der Waals surface area contributed by atoms with E-state index < -0.39 is 66.0 Å². The summed E-state index contributed by atoms with van der Waals surface area (Å²) in [5.74, 6) is -3.71. The maximum atomic E-state index is 14.5. The topological polar surface area (TPSA) is 289 Å². The first kappa shape index (κ1) is 57.7. The molecule has 0 spiro atoms. The highest BCUT2D eigenvalue weighted by molar-refractivity contribution is 6.23. The molecule has 0 unspecified atom stereocenters. The second-order valence-electron chi connectivity index (χ2n) is 21.7. The van der Waals surface area contributed by atoms with Crippen LogP contribution in [0.1, 0.15) is 100 Å². The third-order valence-corrected chi connectivity index (χ3v) is 14.4. The number of nitrogens with zero attached hydrogens (tertiary/aromatic N) is 1. The van der Waals surface area contributed by atoms with Crippen LogP contribution in [0.15, 0.2) is 127 Å². The van der Waals surface area contributed by atoms with Crippen LogP contribution < -0.4 is 32.3 Å². The molecular formula is C61H71N9O10. The molecule has 6 aromatic rings. The summed E-state index contributed by atoms with van der Waals surface area (Å²) in [6.45, 7) is 7.12. The summed E-state index contributed by atoms with van der Waals surface area (Å²) in [7, 11) is 0. The first-order valence-corrected chi connectivity index (χ1v) is 27.2. The molecule has 0 saturated heterocycles. The molecule has 0 bridgehead atoms. The number of ketones is 2. The van der Waals surface area contributed by atoms with Crippen LogP contribution in [0.4, 0.5) is 10.5 Å². The molecule has 2 aliphatic rings. The van der Waals surface area contributed by atoms with E-state index >= 15 is 0 Å². The Hall–Kier alpha value is -8.42. The number of Topliss-reactive ketones (excluding diaryl/α,β-unsaturated/α-hetero) is 2. The van der Waals surface area contributed by atoms with Gasteiger partial charge < -0.3 is 56.9 Å². The first-order chi connectivity index (χ1) is 38.5. The van der Waals surface area contributed by atoms with Crippen molar-refractivity contribution in [2.75, 3.05) is 25.1 Å². The van der Waals surface area contributed by atoms with Crippen molar-refractivity contribution in [2.24, 2.45) is 17.1 Å². The van der Waals surface area contributed by atoms with Crippen molar-refractivity contribution >= 4 is 57.9 Å². The number of allylic oxidation sites excluding steroid dienone is 2. The minimum atomic E-state index is -1.59. The molecule has 10 N–H and O–H groups in total. The molecule has 0 radical (unpaired) electrons. The average Bonchev–Trinajstić information content (AvgIpc) is 4.23. The summed E-state index contributed by atoms with van der Waals surface area (Å²) >= 11 is 0. The molecule has 2 aromatic heterocycles. The van der Waals surface area contributed by atoms with E-state index in [4.69, 9.17) is 15.2 Å². The van der Waals surface area contributed by atoms with Crippen molar-refractivity contribution < 1.29 is 48.1 Å². The van der Waals surface area contributed by atoms with Crippen LogP contribution in [0.25, 0.3) is 22.0 Å². The van der Waals surface area contributed by atoms with Crippen LogP contribution in [0, 0.1) is 11.3 Å². The van der Waals surface area contributed by atoms with Crippen molar-refractivity contribution in [1.82, 2.24) is 36.2 Å². The number of esters is 1. The fourth-order valence-corrected chi connectivity index (χ4v) is 10.4. The number of benzene rings is 4. The van der Waals surface area contributed by atoms with E-state index in [0.29, 0.717) is 54.0 Å². The standard InChI is InChI=1S/C61H71N9O10/c1-36(2)25-49(55-53(72)28-61(3,4)29-54(55)73)66-39-22-20-37(21-23-39)33-79-59(77)48(19-11-12-24-62)67-58(76)52(32-71)69-57(75)51(27-40-31-63-35-65-40)68-56(74)50(26-38-30-64-47-18-10-9-13-41(38)47)70-60(78)80-34-46-44-16-7-5-14-42(44)43-15-6-8-17-45(43)46/h5-10,13-18,20-23,30-31,35-36,46,48,50-52,64,66,71H,11-12,19,24-29,32-34,62H2,1-4H3,(H,63,65)(H,67,76)(H,68,74)(H,69,75)(H,70,78)/t48-,50+,51-,52+/m0/s1. The molecule has 1 fully saturated rings. The highest BCUT2D eigenvalue weighted by Crippen LogP contribution is 2.44. The average molecular weight is 1090 g/mol. The van der Waals surface area contributed by atoms with E-state index in [-0.39, 0.29) is 74.3 Å². The second-order valence-corrected chi connectivity index (χ2v) is 21.7. The largest absolute Gasteiger partial charge is 0.459 e. The number of rotatable bonds is 25.